The second-order valence-corrected chi connectivity index (χ2v) is 3.86. The van der Waals surface area contributed by atoms with Crippen LogP contribution in [0, 0.1) is 11.3 Å². The van der Waals surface area contributed by atoms with Gasteiger partial charge in [0.2, 0.25) is 0 Å². The molecule has 0 atom stereocenters. The fraction of sp³-hybridized carbons (Fsp3) is 0.250. The van der Waals surface area contributed by atoms with E-state index in [4.69, 9.17) is 11.0 Å². The molecular weight excluding hydrogens is 228 g/mol. The van der Waals surface area contributed by atoms with Crippen LogP contribution in [0.25, 0.3) is 0 Å². The summed E-state index contributed by atoms with van der Waals surface area (Å²) >= 11 is 0. The van der Waals surface area contributed by atoms with Gasteiger partial charge in [-0.25, -0.2) is 9.97 Å². The smallest absolute Gasteiger partial charge is 0.144 e. The number of anilines is 2. The van der Waals surface area contributed by atoms with Gasteiger partial charge in [-0.15, -0.1) is 0 Å². The largest absolute Gasteiger partial charge is 0.397 e. The summed E-state index contributed by atoms with van der Waals surface area (Å²) in [5, 5.41) is 12.1. The molecule has 0 saturated heterocycles. The molecule has 0 saturated carbocycles. The van der Waals surface area contributed by atoms with E-state index < -0.39 is 0 Å². The predicted octanol–water partition coefficient (Wildman–Crippen LogP) is 1.23. The summed E-state index contributed by atoms with van der Waals surface area (Å²) in [6.07, 6.45) is 7.92. The van der Waals surface area contributed by atoms with E-state index in [0.29, 0.717) is 17.1 Å². The van der Waals surface area contributed by atoms with Gasteiger partial charge >= 0.3 is 0 Å². The summed E-state index contributed by atoms with van der Waals surface area (Å²) in [5.41, 5.74) is 6.54. The van der Waals surface area contributed by atoms with Crippen LogP contribution < -0.4 is 11.1 Å². The normalized spacial score (nSPS) is 9.94. The number of nitrogens with two attached hydrogens (primary N) is 1. The van der Waals surface area contributed by atoms with Crippen molar-refractivity contribution in [1.82, 2.24) is 14.5 Å². The summed E-state index contributed by atoms with van der Waals surface area (Å²) in [4.78, 5) is 8.08. The predicted molar refractivity (Wildman–Crippen MR) is 68.7 cm³/mol. The van der Waals surface area contributed by atoms with Crippen LogP contribution in [0.1, 0.15) is 12.0 Å². The first-order valence-corrected chi connectivity index (χ1v) is 5.65. The minimum absolute atomic E-state index is 0.470. The van der Waals surface area contributed by atoms with Crippen LogP contribution in [0.3, 0.4) is 0 Å². The van der Waals surface area contributed by atoms with Gasteiger partial charge in [0, 0.05) is 25.5 Å². The van der Waals surface area contributed by atoms with E-state index in [1.165, 1.54) is 0 Å². The molecule has 0 radical (unpaired) electrons. The number of aromatic nitrogens is 3. The van der Waals surface area contributed by atoms with Crippen molar-refractivity contribution in [2.24, 2.45) is 0 Å². The van der Waals surface area contributed by atoms with Crippen molar-refractivity contribution in [2.45, 2.75) is 13.0 Å². The van der Waals surface area contributed by atoms with Crippen molar-refractivity contribution in [3.63, 3.8) is 0 Å². The molecule has 18 heavy (non-hydrogen) atoms. The number of hydrogen-bond donors (Lipinski definition) is 2. The van der Waals surface area contributed by atoms with E-state index in [1.807, 2.05) is 10.8 Å². The number of pyridine rings is 1. The maximum atomic E-state index is 8.95. The van der Waals surface area contributed by atoms with Gasteiger partial charge in [-0.05, 0) is 12.5 Å². The van der Waals surface area contributed by atoms with E-state index in [1.54, 1.807) is 24.8 Å². The first-order chi connectivity index (χ1) is 8.79. The molecule has 2 aromatic heterocycles. The quantitative estimate of drug-likeness (QED) is 0.769. The highest BCUT2D eigenvalue weighted by Crippen LogP contribution is 2.13. The average Bonchev–Trinajstić information content (AvgIpc) is 2.89. The lowest BCUT2D eigenvalue weighted by atomic mass is 10.2. The van der Waals surface area contributed by atoms with Crippen LogP contribution in [-0.2, 0) is 6.54 Å². The highest BCUT2D eigenvalue weighted by molar-refractivity contribution is 5.57. The summed E-state index contributed by atoms with van der Waals surface area (Å²) in [7, 11) is 0. The number of hydrogen-bond acceptors (Lipinski definition) is 5. The van der Waals surface area contributed by atoms with Gasteiger partial charge < -0.3 is 15.6 Å². The molecule has 0 spiro atoms. The third-order valence-corrected chi connectivity index (χ3v) is 2.47. The van der Waals surface area contributed by atoms with Crippen molar-refractivity contribution in [3.05, 3.63) is 36.5 Å². The van der Waals surface area contributed by atoms with E-state index in [0.717, 1.165) is 19.5 Å². The lowest BCUT2D eigenvalue weighted by molar-refractivity contribution is 0.660. The Morgan fingerprint density at radius 1 is 1.50 bits per heavy atom. The van der Waals surface area contributed by atoms with Crippen molar-refractivity contribution in [2.75, 3.05) is 17.6 Å². The SMILES string of the molecule is N#Cc1cc(N)cnc1NCCCn1ccnc1. The number of nitrogens with zero attached hydrogens (tertiary/aromatic N) is 4. The van der Waals surface area contributed by atoms with Crippen LogP contribution in [0.15, 0.2) is 31.0 Å². The van der Waals surface area contributed by atoms with Crippen molar-refractivity contribution in [3.8, 4) is 6.07 Å². The minimum atomic E-state index is 0.470. The molecule has 0 aliphatic carbocycles. The van der Waals surface area contributed by atoms with E-state index in [9.17, 15) is 0 Å². The lowest BCUT2D eigenvalue weighted by Crippen LogP contribution is -2.08. The Labute approximate surface area is 105 Å². The standard InChI is InChI=1S/C12H14N6/c13-7-10-6-11(14)8-17-12(10)16-2-1-4-18-5-3-15-9-18/h3,5-6,8-9H,1-2,4,14H2,(H,16,17). The number of nitriles is 1. The maximum Gasteiger partial charge on any atom is 0.144 e. The van der Waals surface area contributed by atoms with Crippen molar-refractivity contribution in [1.29, 1.82) is 5.26 Å². The monoisotopic (exact) mass is 242 g/mol. The number of nitrogen functional groups attached to an aromatic ring is 1. The molecule has 0 fully saturated rings. The summed E-state index contributed by atoms with van der Waals surface area (Å²) in [5.74, 6) is 0.581. The van der Waals surface area contributed by atoms with Gasteiger partial charge in [-0.1, -0.05) is 0 Å². The van der Waals surface area contributed by atoms with Crippen LogP contribution in [-0.4, -0.2) is 21.1 Å². The molecule has 92 valence electrons. The molecule has 3 N–H and O–H groups in total. The average molecular weight is 242 g/mol. The Bertz CT molecular complexity index is 540. The van der Waals surface area contributed by atoms with E-state index in [-0.39, 0.29) is 0 Å². The highest BCUT2D eigenvalue weighted by atomic mass is 15.0. The summed E-state index contributed by atoms with van der Waals surface area (Å²) in [6.45, 7) is 1.62. The fourth-order valence-electron chi connectivity index (χ4n) is 1.59. The molecule has 6 heteroatoms. The summed E-state index contributed by atoms with van der Waals surface area (Å²) in [6, 6.07) is 3.69. The number of imidazole rings is 1. The molecule has 0 bridgehead atoms. The Kier molecular flexibility index (Phi) is 3.76. The number of aryl methyl sites for hydroxylation is 1. The van der Waals surface area contributed by atoms with Crippen LogP contribution >= 0.6 is 0 Å². The lowest BCUT2D eigenvalue weighted by Gasteiger charge is -2.07. The van der Waals surface area contributed by atoms with Gasteiger partial charge in [-0.2, -0.15) is 5.26 Å². The van der Waals surface area contributed by atoms with Gasteiger partial charge in [0.15, 0.2) is 0 Å². The minimum Gasteiger partial charge on any atom is -0.397 e. The zero-order chi connectivity index (χ0) is 12.8. The number of nitrogens with one attached hydrogen (secondary N) is 1. The van der Waals surface area contributed by atoms with Crippen molar-refractivity contribution >= 4 is 11.5 Å². The molecule has 2 rings (SSSR count). The zero-order valence-corrected chi connectivity index (χ0v) is 9.87. The fourth-order valence-corrected chi connectivity index (χ4v) is 1.59. The molecule has 6 nitrogen and oxygen atoms in total. The molecule has 0 unspecified atom stereocenters. The molecule has 2 aromatic rings. The third kappa shape index (κ3) is 2.98. The Morgan fingerprint density at radius 3 is 3.11 bits per heavy atom. The van der Waals surface area contributed by atoms with Crippen molar-refractivity contribution < 1.29 is 0 Å². The Morgan fingerprint density at radius 2 is 2.39 bits per heavy atom. The molecule has 2 heterocycles. The van der Waals surface area contributed by atoms with Gasteiger partial charge in [0.1, 0.15) is 11.9 Å². The number of rotatable bonds is 5. The molecule has 0 aromatic carbocycles. The van der Waals surface area contributed by atoms with Crippen LogP contribution in [0.4, 0.5) is 11.5 Å². The molecule has 0 aliphatic rings. The topological polar surface area (TPSA) is 92.5 Å². The van der Waals surface area contributed by atoms with Crippen LogP contribution in [0.2, 0.25) is 0 Å². The van der Waals surface area contributed by atoms with Gasteiger partial charge in [0.05, 0.1) is 23.8 Å². The molecular formula is C12H14N6. The zero-order valence-electron chi connectivity index (χ0n) is 9.87. The third-order valence-electron chi connectivity index (χ3n) is 2.47. The Hall–Kier alpha value is -2.55. The highest BCUT2D eigenvalue weighted by Gasteiger charge is 2.03. The molecule has 0 aliphatic heterocycles. The van der Waals surface area contributed by atoms with Gasteiger partial charge in [0.25, 0.3) is 0 Å². The summed E-state index contributed by atoms with van der Waals surface area (Å²) < 4.78 is 2.00. The maximum absolute atomic E-state index is 8.95. The first kappa shape index (κ1) is 11.9. The first-order valence-electron chi connectivity index (χ1n) is 5.65. The second kappa shape index (κ2) is 5.68. The van der Waals surface area contributed by atoms with E-state index in [2.05, 4.69) is 21.4 Å². The van der Waals surface area contributed by atoms with Crippen LogP contribution in [0.5, 0.6) is 0 Å². The molecule has 0 amide bonds. The van der Waals surface area contributed by atoms with Gasteiger partial charge in [-0.3, -0.25) is 0 Å². The van der Waals surface area contributed by atoms with E-state index >= 15 is 0 Å². The Balaban J connectivity index is 1.85. The second-order valence-electron chi connectivity index (χ2n) is 3.86.